The number of carbonyl (C=O) groups is 3. The van der Waals surface area contributed by atoms with Gasteiger partial charge in [-0.3, -0.25) is 9.59 Å². The van der Waals surface area contributed by atoms with E-state index >= 15 is 0 Å². The number of amides is 3. The van der Waals surface area contributed by atoms with E-state index in [1.54, 1.807) is 41.7 Å². The van der Waals surface area contributed by atoms with Crippen molar-refractivity contribution in [2.24, 2.45) is 34.8 Å². The number of alkyl carbamates (subject to hydrolysis) is 1. The Kier molecular flexibility index (Phi) is 17.6. The molecule has 0 radical (unpaired) electrons. The molecule has 2 unspecified atom stereocenters. The molecule has 270 valence electrons. The van der Waals surface area contributed by atoms with E-state index in [2.05, 4.69) is 24.5 Å². The Morgan fingerprint density at radius 1 is 0.957 bits per heavy atom. The molecule has 0 aromatic heterocycles. The second-order valence-corrected chi connectivity index (χ2v) is 14.7. The van der Waals surface area contributed by atoms with Gasteiger partial charge in [-0.05, 0) is 96.3 Å². The molecule has 0 aliphatic carbocycles. The van der Waals surface area contributed by atoms with Gasteiger partial charge in [0.25, 0.3) is 0 Å². The maximum Gasteiger partial charge on any atom is 0.407 e. The molecule has 0 heterocycles. The van der Waals surface area contributed by atoms with Gasteiger partial charge in [-0.2, -0.15) is 0 Å². The van der Waals surface area contributed by atoms with E-state index in [-0.39, 0.29) is 36.6 Å². The summed E-state index contributed by atoms with van der Waals surface area (Å²) in [6.45, 7) is 20.5. The molecule has 4 atom stereocenters. The molecule has 47 heavy (non-hydrogen) atoms. The lowest BCUT2D eigenvalue weighted by molar-refractivity contribution is -0.130. The van der Waals surface area contributed by atoms with E-state index in [4.69, 9.17) is 24.7 Å². The lowest BCUT2D eigenvalue weighted by atomic mass is 9.80. The van der Waals surface area contributed by atoms with Crippen LogP contribution in [0, 0.1) is 29.1 Å². The lowest BCUT2D eigenvalue weighted by Gasteiger charge is -2.33. The first kappa shape index (κ1) is 42.0. The van der Waals surface area contributed by atoms with Crippen LogP contribution in [-0.4, -0.2) is 74.2 Å². The van der Waals surface area contributed by atoms with Crippen LogP contribution in [-0.2, 0) is 25.5 Å². The molecule has 11 heteroatoms. The average molecular weight is 666 g/mol. The fraction of sp³-hybridized carbons (Fsp3) is 0.750. The predicted octanol–water partition coefficient (Wildman–Crippen LogP) is 5.25. The predicted molar refractivity (Wildman–Crippen MR) is 184 cm³/mol. The first-order valence-electron chi connectivity index (χ1n) is 16.9. The zero-order valence-corrected chi connectivity index (χ0v) is 30.7. The number of aliphatic hydroxyl groups excluding tert-OH is 1. The molecule has 0 spiro atoms. The molecular weight excluding hydrogens is 602 g/mol. The molecule has 0 aliphatic heterocycles. The number of rotatable bonds is 21. The molecule has 1 aromatic rings. The van der Waals surface area contributed by atoms with E-state index in [0.29, 0.717) is 44.2 Å². The Bertz CT molecular complexity index is 1120. The molecule has 11 nitrogen and oxygen atoms in total. The van der Waals surface area contributed by atoms with Gasteiger partial charge >= 0.3 is 6.09 Å². The molecule has 0 fully saturated rings. The van der Waals surface area contributed by atoms with Gasteiger partial charge in [-0.1, -0.05) is 33.8 Å². The van der Waals surface area contributed by atoms with Crippen LogP contribution >= 0.6 is 0 Å². The maximum atomic E-state index is 13.3. The minimum Gasteiger partial charge on any atom is -0.493 e. The Balaban J connectivity index is 3.25. The summed E-state index contributed by atoms with van der Waals surface area (Å²) in [5, 5.41) is 17.4. The number of carbonyl (C=O) groups excluding carboxylic acids is 3. The topological polar surface area (TPSA) is 158 Å². The second-order valence-electron chi connectivity index (χ2n) is 14.7. The van der Waals surface area contributed by atoms with E-state index in [1.165, 1.54) is 0 Å². The molecule has 1 aromatic carbocycles. The average Bonchev–Trinajstić information content (AvgIpc) is 2.96. The SMILES string of the molecule is CCOCCCOc1cc(CC(C[C@H](NC(=O)OC(C)(C)C)[C@@H](O)CC(C(=O)NCC(C)(C)C(N)=O)C(C)C)C(C)C)ccc1OC. The van der Waals surface area contributed by atoms with Crippen molar-refractivity contribution in [1.82, 2.24) is 10.6 Å². The van der Waals surface area contributed by atoms with Crippen molar-refractivity contribution in [1.29, 1.82) is 0 Å². The summed E-state index contributed by atoms with van der Waals surface area (Å²) in [7, 11) is 1.61. The van der Waals surface area contributed by atoms with Crippen molar-refractivity contribution < 1.29 is 38.4 Å². The highest BCUT2D eigenvalue weighted by molar-refractivity contribution is 5.83. The van der Waals surface area contributed by atoms with Crippen LogP contribution in [0.5, 0.6) is 11.5 Å². The minimum atomic E-state index is -1.05. The zero-order chi connectivity index (χ0) is 35.9. The van der Waals surface area contributed by atoms with Crippen LogP contribution in [0.15, 0.2) is 18.2 Å². The van der Waals surface area contributed by atoms with Crippen molar-refractivity contribution in [2.75, 3.05) is 33.5 Å². The highest BCUT2D eigenvalue weighted by Crippen LogP contribution is 2.32. The second kappa shape index (κ2) is 19.7. The number of methoxy groups -OCH3 is 1. The molecular formula is C36H63N3O8. The summed E-state index contributed by atoms with van der Waals surface area (Å²) in [4.78, 5) is 38.1. The van der Waals surface area contributed by atoms with E-state index in [1.807, 2.05) is 39.0 Å². The standard InChI is InChI=1S/C36H63N3O8/c1-12-45-16-13-17-46-31-19-25(14-15-30(31)44-11)18-26(23(2)3)20-28(39-34(43)47-35(6,7)8)29(40)21-27(24(4)5)32(41)38-22-36(9,10)33(37)42/h14-15,19,23-24,26-29,40H,12-13,16-18,20-22H2,1-11H3,(H2,37,42)(H,38,41)(H,39,43)/t26?,27?,28-,29-/m0/s1. The zero-order valence-electron chi connectivity index (χ0n) is 30.7. The van der Waals surface area contributed by atoms with Crippen LogP contribution in [0.2, 0.25) is 0 Å². The normalized spacial score (nSPS) is 14.7. The molecule has 0 aliphatic rings. The van der Waals surface area contributed by atoms with Crippen LogP contribution in [0.4, 0.5) is 4.79 Å². The largest absolute Gasteiger partial charge is 0.493 e. The Morgan fingerprint density at radius 2 is 1.62 bits per heavy atom. The molecule has 0 saturated heterocycles. The lowest BCUT2D eigenvalue weighted by Crippen LogP contribution is -2.49. The maximum absolute atomic E-state index is 13.3. The number of nitrogens with one attached hydrogen (secondary N) is 2. The monoisotopic (exact) mass is 665 g/mol. The van der Waals surface area contributed by atoms with Gasteiger partial charge in [0, 0.05) is 32.1 Å². The Hall–Kier alpha value is -3.05. The Morgan fingerprint density at radius 3 is 2.15 bits per heavy atom. The van der Waals surface area contributed by atoms with Gasteiger partial charge in [0.15, 0.2) is 11.5 Å². The number of primary amides is 1. The highest BCUT2D eigenvalue weighted by Gasteiger charge is 2.34. The van der Waals surface area contributed by atoms with Gasteiger partial charge in [-0.15, -0.1) is 0 Å². The smallest absolute Gasteiger partial charge is 0.407 e. The third kappa shape index (κ3) is 15.6. The van der Waals surface area contributed by atoms with Crippen molar-refractivity contribution in [3.63, 3.8) is 0 Å². The molecule has 1 rings (SSSR count). The number of benzene rings is 1. The first-order valence-corrected chi connectivity index (χ1v) is 16.9. The van der Waals surface area contributed by atoms with Crippen LogP contribution in [0.3, 0.4) is 0 Å². The molecule has 0 bridgehead atoms. The van der Waals surface area contributed by atoms with Crippen molar-refractivity contribution in [3.05, 3.63) is 23.8 Å². The molecule has 0 saturated carbocycles. The fourth-order valence-corrected chi connectivity index (χ4v) is 5.07. The number of hydrogen-bond donors (Lipinski definition) is 4. The quantitative estimate of drug-likeness (QED) is 0.130. The molecule has 3 amide bonds. The van der Waals surface area contributed by atoms with Gasteiger partial charge in [0.05, 0.1) is 31.3 Å². The number of nitrogens with two attached hydrogens (primary N) is 1. The third-order valence-electron chi connectivity index (χ3n) is 8.30. The summed E-state index contributed by atoms with van der Waals surface area (Å²) in [6, 6.07) is 5.18. The highest BCUT2D eigenvalue weighted by atomic mass is 16.6. The third-order valence-corrected chi connectivity index (χ3v) is 8.30. The Labute approximate surface area is 283 Å². The summed E-state index contributed by atoms with van der Waals surface area (Å²) >= 11 is 0. The summed E-state index contributed by atoms with van der Waals surface area (Å²) in [5.41, 5.74) is 4.87. The number of aliphatic hydroxyl groups is 1. The van der Waals surface area contributed by atoms with Crippen LogP contribution in [0.1, 0.15) is 94.1 Å². The van der Waals surface area contributed by atoms with Crippen molar-refractivity contribution >= 4 is 17.9 Å². The first-order chi connectivity index (χ1) is 21.8. The van der Waals surface area contributed by atoms with Crippen LogP contribution < -0.4 is 25.8 Å². The van der Waals surface area contributed by atoms with E-state index in [9.17, 15) is 19.5 Å². The van der Waals surface area contributed by atoms with Gasteiger partial charge in [-0.25, -0.2) is 4.79 Å². The van der Waals surface area contributed by atoms with E-state index in [0.717, 1.165) is 12.0 Å². The summed E-state index contributed by atoms with van der Waals surface area (Å²) < 4.78 is 22.5. The molecule has 5 N–H and O–H groups in total. The fourth-order valence-electron chi connectivity index (χ4n) is 5.07. The number of hydrogen-bond acceptors (Lipinski definition) is 8. The van der Waals surface area contributed by atoms with Gasteiger partial charge in [0.1, 0.15) is 5.60 Å². The van der Waals surface area contributed by atoms with Gasteiger partial charge < -0.3 is 40.4 Å². The summed E-state index contributed by atoms with van der Waals surface area (Å²) in [5.74, 6) is 0.0543. The summed E-state index contributed by atoms with van der Waals surface area (Å²) in [6.07, 6.45) is 0.275. The minimum absolute atomic E-state index is 0.0477. The van der Waals surface area contributed by atoms with E-state index < -0.39 is 41.1 Å². The van der Waals surface area contributed by atoms with Crippen molar-refractivity contribution in [3.8, 4) is 11.5 Å². The van der Waals surface area contributed by atoms with Crippen molar-refractivity contribution in [2.45, 2.75) is 113 Å². The van der Waals surface area contributed by atoms with Crippen LogP contribution in [0.25, 0.3) is 0 Å². The number of ether oxygens (including phenoxy) is 4. The van der Waals surface area contributed by atoms with Gasteiger partial charge in [0.2, 0.25) is 11.8 Å².